The molecule has 2 aromatic rings. The second-order valence-electron chi connectivity index (χ2n) is 6.42. The predicted octanol–water partition coefficient (Wildman–Crippen LogP) is 6.05. The molecule has 0 unspecified atom stereocenters. The highest BCUT2D eigenvalue weighted by molar-refractivity contribution is 6.33. The van der Waals surface area contributed by atoms with Crippen molar-refractivity contribution >= 4 is 11.6 Å². The number of phenols is 2. The lowest BCUT2D eigenvalue weighted by Crippen LogP contribution is -1.89. The fraction of sp³-hybridized carbons (Fsp3) is 0.286. The van der Waals surface area contributed by atoms with Crippen molar-refractivity contribution in [3.63, 3.8) is 0 Å². The van der Waals surface area contributed by atoms with Crippen molar-refractivity contribution in [2.75, 3.05) is 0 Å². The van der Waals surface area contributed by atoms with Crippen LogP contribution in [-0.4, -0.2) is 15.2 Å². The Kier molecular flexibility index (Phi) is 6.65. The molecule has 0 amide bonds. The molecule has 0 bridgehead atoms. The van der Waals surface area contributed by atoms with Crippen LogP contribution in [-0.2, 0) is 6.42 Å². The monoisotopic (exact) mass is 357 g/mol. The number of phenolic OH excluding ortho intramolecular Hbond substituents is 2. The summed E-state index contributed by atoms with van der Waals surface area (Å²) in [5, 5.41) is 21.2. The average Bonchev–Trinajstić information content (AvgIpc) is 2.54. The quantitative estimate of drug-likeness (QED) is 0.619. The first kappa shape index (κ1) is 19.1. The van der Waals surface area contributed by atoms with E-state index in [9.17, 15) is 10.2 Å². The highest BCUT2D eigenvalue weighted by Gasteiger charge is 2.12. The number of aromatic hydroxyl groups is 2. The van der Waals surface area contributed by atoms with E-state index in [2.05, 4.69) is 31.8 Å². The third kappa shape index (κ3) is 5.36. The van der Waals surface area contributed by atoms with E-state index in [1.165, 1.54) is 11.1 Å². The van der Waals surface area contributed by atoms with Gasteiger partial charge in [0.15, 0.2) is 0 Å². The Morgan fingerprint density at radius 3 is 2.40 bits per heavy atom. The summed E-state index contributed by atoms with van der Waals surface area (Å²) in [7, 11) is 0. The van der Waals surface area contributed by atoms with Crippen molar-refractivity contribution in [1.82, 2.24) is 4.98 Å². The topological polar surface area (TPSA) is 53.4 Å². The van der Waals surface area contributed by atoms with Gasteiger partial charge in [0.25, 0.3) is 0 Å². The largest absolute Gasteiger partial charge is 0.507 e. The maximum Gasteiger partial charge on any atom is 0.123 e. The lowest BCUT2D eigenvalue weighted by Gasteiger charge is -2.10. The van der Waals surface area contributed by atoms with Crippen molar-refractivity contribution in [3.8, 4) is 22.6 Å². The fourth-order valence-corrected chi connectivity index (χ4v) is 2.78. The van der Waals surface area contributed by atoms with E-state index in [1.54, 1.807) is 30.6 Å². The molecule has 1 aromatic heterocycles. The van der Waals surface area contributed by atoms with Crippen molar-refractivity contribution < 1.29 is 10.2 Å². The zero-order valence-electron chi connectivity index (χ0n) is 14.9. The zero-order chi connectivity index (χ0) is 18.4. The van der Waals surface area contributed by atoms with Crippen molar-refractivity contribution in [3.05, 3.63) is 64.5 Å². The van der Waals surface area contributed by atoms with E-state index >= 15 is 0 Å². The van der Waals surface area contributed by atoms with Crippen LogP contribution in [0.15, 0.2) is 53.9 Å². The van der Waals surface area contributed by atoms with Crippen LogP contribution < -0.4 is 0 Å². The number of rotatable bonds is 6. The molecule has 0 fully saturated rings. The van der Waals surface area contributed by atoms with Gasteiger partial charge in [-0.1, -0.05) is 34.9 Å². The van der Waals surface area contributed by atoms with E-state index in [1.807, 2.05) is 6.08 Å². The van der Waals surface area contributed by atoms with Gasteiger partial charge in [-0.05, 0) is 63.8 Å². The minimum atomic E-state index is 0.0586. The number of pyridine rings is 1. The zero-order valence-corrected chi connectivity index (χ0v) is 15.6. The number of hydrogen-bond acceptors (Lipinski definition) is 3. The minimum Gasteiger partial charge on any atom is -0.507 e. The van der Waals surface area contributed by atoms with Crippen LogP contribution in [0.5, 0.6) is 11.5 Å². The third-order valence-corrected chi connectivity index (χ3v) is 4.36. The third-order valence-electron chi connectivity index (χ3n) is 4.03. The molecule has 0 aliphatic heterocycles. The SMILES string of the molecule is CC(C)=CCC/C(C)=C/Cc1c(O)cc(-c2cnccc2Cl)cc1O. The maximum atomic E-state index is 10.3. The number of nitrogens with zero attached hydrogens (tertiary/aromatic N) is 1. The first-order valence-electron chi connectivity index (χ1n) is 8.32. The summed E-state index contributed by atoms with van der Waals surface area (Å²) in [6, 6.07) is 4.91. The summed E-state index contributed by atoms with van der Waals surface area (Å²) in [6.07, 6.45) is 9.92. The fourth-order valence-electron chi connectivity index (χ4n) is 2.56. The molecule has 2 rings (SSSR count). The van der Waals surface area contributed by atoms with Gasteiger partial charge in [0.05, 0.1) is 5.02 Å². The minimum absolute atomic E-state index is 0.0586. The average molecular weight is 358 g/mol. The predicted molar refractivity (Wildman–Crippen MR) is 104 cm³/mol. The van der Waals surface area contributed by atoms with Crippen molar-refractivity contribution in [2.24, 2.45) is 0 Å². The molecular formula is C21H24ClNO2. The second-order valence-corrected chi connectivity index (χ2v) is 6.83. The van der Waals surface area contributed by atoms with Gasteiger partial charge in [0.1, 0.15) is 11.5 Å². The van der Waals surface area contributed by atoms with Crippen LogP contribution >= 0.6 is 11.6 Å². The van der Waals surface area contributed by atoms with Crippen LogP contribution in [0.1, 0.15) is 39.2 Å². The van der Waals surface area contributed by atoms with E-state index < -0.39 is 0 Å². The molecule has 0 aliphatic carbocycles. The molecule has 4 heteroatoms. The lowest BCUT2D eigenvalue weighted by molar-refractivity contribution is 0.441. The van der Waals surface area contributed by atoms with Gasteiger partial charge in [-0.25, -0.2) is 0 Å². The first-order valence-corrected chi connectivity index (χ1v) is 8.70. The molecular weight excluding hydrogens is 334 g/mol. The Hall–Kier alpha value is -2.26. The van der Waals surface area contributed by atoms with E-state index in [4.69, 9.17) is 11.6 Å². The molecule has 1 aromatic carbocycles. The van der Waals surface area contributed by atoms with Gasteiger partial charge in [0, 0.05) is 23.5 Å². The first-order chi connectivity index (χ1) is 11.9. The number of allylic oxidation sites excluding steroid dienone is 4. The smallest absolute Gasteiger partial charge is 0.123 e. The molecule has 0 atom stereocenters. The summed E-state index contributed by atoms with van der Waals surface area (Å²) < 4.78 is 0. The highest BCUT2D eigenvalue weighted by atomic mass is 35.5. The molecule has 3 nitrogen and oxygen atoms in total. The lowest BCUT2D eigenvalue weighted by atomic mass is 10.00. The standard InChI is InChI=1S/C21H24ClNO2/c1-14(2)5-4-6-15(3)7-8-17-20(24)11-16(12-21(17)25)18-13-23-10-9-19(18)22/h5,7,9-13,24-25H,4,6,8H2,1-3H3/b15-7+. The second kappa shape index (κ2) is 8.72. The summed E-state index contributed by atoms with van der Waals surface area (Å²) in [6.45, 7) is 6.24. The summed E-state index contributed by atoms with van der Waals surface area (Å²) in [5.74, 6) is 0.117. The van der Waals surface area contributed by atoms with Gasteiger partial charge in [-0.3, -0.25) is 4.98 Å². The Morgan fingerprint density at radius 2 is 1.80 bits per heavy atom. The van der Waals surface area contributed by atoms with Crippen LogP contribution in [0.4, 0.5) is 0 Å². The maximum absolute atomic E-state index is 10.3. The highest BCUT2D eigenvalue weighted by Crippen LogP contribution is 2.36. The molecule has 0 saturated carbocycles. The number of hydrogen-bond donors (Lipinski definition) is 2. The van der Waals surface area contributed by atoms with Crippen molar-refractivity contribution in [1.29, 1.82) is 0 Å². The Labute approximate surface area is 154 Å². The molecule has 0 spiro atoms. The number of halogens is 1. The van der Waals surface area contributed by atoms with Crippen LogP contribution in [0.3, 0.4) is 0 Å². The molecule has 0 radical (unpaired) electrons. The van der Waals surface area contributed by atoms with Gasteiger partial charge < -0.3 is 10.2 Å². The van der Waals surface area contributed by atoms with Gasteiger partial charge in [0.2, 0.25) is 0 Å². The molecule has 25 heavy (non-hydrogen) atoms. The van der Waals surface area contributed by atoms with Crippen LogP contribution in [0.25, 0.3) is 11.1 Å². The normalized spacial score (nSPS) is 11.4. The molecule has 2 N–H and O–H groups in total. The van der Waals surface area contributed by atoms with E-state index in [0.29, 0.717) is 28.1 Å². The number of aromatic nitrogens is 1. The number of benzene rings is 1. The molecule has 1 heterocycles. The van der Waals surface area contributed by atoms with Gasteiger partial charge in [-0.2, -0.15) is 0 Å². The van der Waals surface area contributed by atoms with E-state index in [0.717, 1.165) is 12.8 Å². The molecule has 0 saturated heterocycles. The van der Waals surface area contributed by atoms with Crippen LogP contribution in [0, 0.1) is 0 Å². The summed E-state index contributed by atoms with van der Waals surface area (Å²) >= 11 is 6.16. The van der Waals surface area contributed by atoms with Gasteiger partial charge in [-0.15, -0.1) is 0 Å². The Morgan fingerprint density at radius 1 is 1.12 bits per heavy atom. The molecule has 132 valence electrons. The van der Waals surface area contributed by atoms with E-state index in [-0.39, 0.29) is 11.5 Å². The summed E-state index contributed by atoms with van der Waals surface area (Å²) in [5.41, 5.74) is 4.38. The van der Waals surface area contributed by atoms with Crippen molar-refractivity contribution in [2.45, 2.75) is 40.0 Å². The van der Waals surface area contributed by atoms with Crippen LogP contribution in [0.2, 0.25) is 5.02 Å². The summed E-state index contributed by atoms with van der Waals surface area (Å²) in [4.78, 5) is 4.04. The molecule has 0 aliphatic rings. The Bertz CT molecular complexity index is 782. The Balaban J connectivity index is 2.18. The van der Waals surface area contributed by atoms with Gasteiger partial charge >= 0.3 is 0 Å².